The van der Waals surface area contributed by atoms with Gasteiger partial charge in [0, 0.05) is 16.1 Å². The van der Waals surface area contributed by atoms with E-state index in [0.717, 1.165) is 0 Å². The molecule has 2 rings (SSSR count). The Morgan fingerprint density at radius 2 is 2.33 bits per heavy atom. The van der Waals surface area contributed by atoms with E-state index in [9.17, 15) is 9.90 Å². The average molecular weight is 284 g/mol. The quantitative estimate of drug-likeness (QED) is 0.643. The maximum atomic E-state index is 10.9. The first-order valence-corrected chi connectivity index (χ1v) is 6.46. The number of thioether (sulfide) groups is 1. The van der Waals surface area contributed by atoms with Gasteiger partial charge in [0.05, 0.1) is 12.0 Å². The highest BCUT2D eigenvalue weighted by atomic mass is 35.5. The number of carbonyl (C=O) groups is 1. The van der Waals surface area contributed by atoms with Crippen LogP contribution in [0.5, 0.6) is 5.75 Å². The van der Waals surface area contributed by atoms with Crippen LogP contribution < -0.4 is 5.32 Å². The van der Waals surface area contributed by atoms with Crippen molar-refractivity contribution in [1.82, 2.24) is 5.32 Å². The molecule has 0 spiro atoms. The molecule has 1 fully saturated rings. The first-order valence-electron chi connectivity index (χ1n) is 5.09. The summed E-state index contributed by atoms with van der Waals surface area (Å²) in [5.41, 5.74) is 1.12. The molecule has 1 aliphatic heterocycles. The van der Waals surface area contributed by atoms with Crippen molar-refractivity contribution in [2.45, 2.75) is 6.92 Å². The van der Waals surface area contributed by atoms with Gasteiger partial charge in [0.25, 0.3) is 0 Å². The van der Waals surface area contributed by atoms with Crippen LogP contribution in [0.1, 0.15) is 11.1 Å². The number of halogens is 1. The lowest BCUT2D eigenvalue weighted by Gasteiger charge is -2.03. The van der Waals surface area contributed by atoms with E-state index in [1.165, 1.54) is 18.0 Å². The molecule has 0 unspecified atom stereocenters. The average Bonchev–Trinajstić information content (AvgIpc) is 2.75. The van der Waals surface area contributed by atoms with Crippen molar-refractivity contribution in [1.29, 1.82) is 0 Å². The van der Waals surface area contributed by atoms with Gasteiger partial charge in [-0.3, -0.25) is 4.79 Å². The fraction of sp³-hybridized carbons (Fsp3) is 0.182. The second-order valence-corrected chi connectivity index (χ2v) is 4.97. The summed E-state index contributed by atoms with van der Waals surface area (Å²) in [6.07, 6.45) is 1.41. The van der Waals surface area contributed by atoms with E-state index >= 15 is 0 Å². The molecular formula is C11H10ClN3O2S. The molecule has 7 heteroatoms. The van der Waals surface area contributed by atoms with Crippen molar-refractivity contribution in [3.8, 4) is 5.75 Å². The first kappa shape index (κ1) is 12.9. The molecule has 0 saturated carbocycles. The summed E-state index contributed by atoms with van der Waals surface area (Å²) >= 11 is 7.14. The van der Waals surface area contributed by atoms with Crippen molar-refractivity contribution >= 4 is 40.7 Å². The Kier molecular flexibility index (Phi) is 3.88. The minimum atomic E-state index is -0.0841. The van der Waals surface area contributed by atoms with Gasteiger partial charge < -0.3 is 10.4 Å². The molecule has 1 aliphatic rings. The maximum absolute atomic E-state index is 10.9. The number of phenolic OH excluding ortho intramolecular Hbond substituents is 1. The smallest absolute Gasteiger partial charge is 0.236 e. The fourth-order valence-electron chi connectivity index (χ4n) is 1.32. The number of benzene rings is 1. The van der Waals surface area contributed by atoms with Crippen molar-refractivity contribution in [3.05, 3.63) is 28.3 Å². The van der Waals surface area contributed by atoms with Gasteiger partial charge in [-0.25, -0.2) is 0 Å². The van der Waals surface area contributed by atoms with Gasteiger partial charge in [-0.2, -0.15) is 5.10 Å². The van der Waals surface area contributed by atoms with E-state index in [1.807, 2.05) is 0 Å². The van der Waals surface area contributed by atoms with Crippen LogP contribution in [-0.2, 0) is 4.79 Å². The molecule has 94 valence electrons. The minimum Gasteiger partial charge on any atom is -0.507 e. The summed E-state index contributed by atoms with van der Waals surface area (Å²) in [7, 11) is 0. The predicted octanol–water partition coefficient (Wildman–Crippen LogP) is 1.91. The zero-order chi connectivity index (χ0) is 13.1. The zero-order valence-corrected chi connectivity index (χ0v) is 11.0. The predicted molar refractivity (Wildman–Crippen MR) is 73.5 cm³/mol. The third-order valence-corrected chi connectivity index (χ3v) is 3.60. The van der Waals surface area contributed by atoms with Gasteiger partial charge >= 0.3 is 0 Å². The lowest BCUT2D eigenvalue weighted by Crippen LogP contribution is -2.19. The highest BCUT2D eigenvalue weighted by molar-refractivity contribution is 8.15. The van der Waals surface area contributed by atoms with Gasteiger partial charge in [0.2, 0.25) is 5.91 Å². The fourth-order valence-corrected chi connectivity index (χ4v) is 2.11. The van der Waals surface area contributed by atoms with E-state index in [4.69, 9.17) is 11.6 Å². The molecule has 0 atom stereocenters. The zero-order valence-electron chi connectivity index (χ0n) is 9.48. The van der Waals surface area contributed by atoms with Crippen molar-refractivity contribution in [2.24, 2.45) is 10.2 Å². The van der Waals surface area contributed by atoms with E-state index < -0.39 is 0 Å². The van der Waals surface area contributed by atoms with Gasteiger partial charge in [-0.05, 0) is 19.1 Å². The molecule has 5 nitrogen and oxygen atoms in total. The number of hydrogen-bond donors (Lipinski definition) is 2. The number of hydrogen-bond acceptors (Lipinski definition) is 5. The second kappa shape index (κ2) is 5.41. The van der Waals surface area contributed by atoms with Crippen LogP contribution in [0.3, 0.4) is 0 Å². The minimum absolute atomic E-state index is 0.0783. The lowest BCUT2D eigenvalue weighted by molar-refractivity contribution is -0.116. The molecule has 1 heterocycles. The Morgan fingerprint density at radius 3 is 3.00 bits per heavy atom. The summed E-state index contributed by atoms with van der Waals surface area (Å²) in [6, 6.07) is 3.33. The number of rotatable bonds is 2. The van der Waals surface area contributed by atoms with Crippen LogP contribution in [0.25, 0.3) is 0 Å². The number of carbonyl (C=O) groups excluding carboxylic acids is 1. The molecule has 1 amide bonds. The van der Waals surface area contributed by atoms with Crippen LogP contribution in [0, 0.1) is 6.92 Å². The van der Waals surface area contributed by atoms with E-state index in [2.05, 4.69) is 15.5 Å². The molecule has 2 N–H and O–H groups in total. The Labute approximate surface area is 113 Å². The van der Waals surface area contributed by atoms with Gasteiger partial charge in [-0.15, -0.1) is 5.10 Å². The monoisotopic (exact) mass is 283 g/mol. The standard InChI is InChI=1S/C11H10ClN3O2S/c1-6-8(12)3-2-7(10(6)17)4-13-15-11-14-9(16)5-18-11/h2-4,17H,5H2,1H3,(H,14,15,16). The van der Waals surface area contributed by atoms with Gasteiger partial charge in [0.1, 0.15) is 5.75 Å². The molecule has 1 saturated heterocycles. The van der Waals surface area contributed by atoms with Gasteiger partial charge in [0.15, 0.2) is 5.17 Å². The summed E-state index contributed by atoms with van der Waals surface area (Å²) < 4.78 is 0. The van der Waals surface area contributed by atoms with Crippen molar-refractivity contribution in [3.63, 3.8) is 0 Å². The number of amides is 1. The molecule has 0 aromatic heterocycles. The summed E-state index contributed by atoms with van der Waals surface area (Å²) in [4.78, 5) is 10.9. The van der Waals surface area contributed by atoms with Crippen LogP contribution in [0.4, 0.5) is 0 Å². The SMILES string of the molecule is Cc1c(Cl)ccc(C=NN=C2NC(=O)CS2)c1O. The largest absolute Gasteiger partial charge is 0.507 e. The maximum Gasteiger partial charge on any atom is 0.236 e. The highest BCUT2D eigenvalue weighted by Crippen LogP contribution is 2.27. The molecule has 0 aliphatic carbocycles. The molecule has 0 bridgehead atoms. The molecule has 18 heavy (non-hydrogen) atoms. The lowest BCUT2D eigenvalue weighted by atomic mass is 10.1. The molecular weight excluding hydrogens is 274 g/mol. The van der Waals surface area contributed by atoms with Crippen LogP contribution in [0.15, 0.2) is 22.3 Å². The molecule has 1 aromatic rings. The van der Waals surface area contributed by atoms with E-state index in [1.54, 1.807) is 19.1 Å². The third kappa shape index (κ3) is 2.83. The van der Waals surface area contributed by atoms with E-state index in [0.29, 0.717) is 27.1 Å². The van der Waals surface area contributed by atoms with Crippen molar-refractivity contribution in [2.75, 3.05) is 5.75 Å². The van der Waals surface area contributed by atoms with Gasteiger partial charge in [-0.1, -0.05) is 23.4 Å². The number of amidine groups is 1. The number of phenols is 1. The van der Waals surface area contributed by atoms with E-state index in [-0.39, 0.29) is 11.7 Å². The Morgan fingerprint density at radius 1 is 1.56 bits per heavy atom. The van der Waals surface area contributed by atoms with Crippen LogP contribution in [-0.4, -0.2) is 28.1 Å². The Bertz CT molecular complexity index is 557. The summed E-state index contributed by atoms with van der Waals surface area (Å²) in [5, 5.41) is 21.0. The topological polar surface area (TPSA) is 74.0 Å². The highest BCUT2D eigenvalue weighted by Gasteiger charge is 2.15. The van der Waals surface area contributed by atoms with Crippen LogP contribution >= 0.6 is 23.4 Å². The number of nitrogens with one attached hydrogen (secondary N) is 1. The summed E-state index contributed by atoms with van der Waals surface area (Å²) in [5.74, 6) is 0.355. The third-order valence-electron chi connectivity index (χ3n) is 2.33. The van der Waals surface area contributed by atoms with Crippen LogP contribution in [0.2, 0.25) is 5.02 Å². The summed E-state index contributed by atoms with van der Waals surface area (Å²) in [6.45, 7) is 1.72. The molecule has 0 radical (unpaired) electrons. The normalized spacial score (nSPS) is 17.7. The number of aromatic hydroxyl groups is 1. The first-order chi connectivity index (χ1) is 8.58. The Hall–Kier alpha value is -1.53. The van der Waals surface area contributed by atoms with Crippen molar-refractivity contribution < 1.29 is 9.90 Å². The molecule has 1 aromatic carbocycles. The number of nitrogens with zero attached hydrogens (tertiary/aromatic N) is 2. The second-order valence-electron chi connectivity index (χ2n) is 3.60. The Balaban J connectivity index is 2.15.